The Hall–Kier alpha value is -0.190. The number of hydrogen-bond donors (Lipinski definition) is 1. The van der Waals surface area contributed by atoms with Gasteiger partial charge in [0.1, 0.15) is 0 Å². The van der Waals surface area contributed by atoms with Gasteiger partial charge in [-0.05, 0) is 45.7 Å². The lowest BCUT2D eigenvalue weighted by Gasteiger charge is -2.10. The number of nitrogens with zero attached hydrogens (tertiary/aromatic N) is 1. The normalized spacial score (nSPS) is 12.4. The van der Waals surface area contributed by atoms with Crippen LogP contribution in [0.4, 0.5) is 0 Å². The van der Waals surface area contributed by atoms with Crippen LogP contribution in [0.2, 0.25) is 0 Å². The van der Waals surface area contributed by atoms with Crippen LogP contribution in [0.25, 0.3) is 0 Å². The first-order valence-corrected chi connectivity index (χ1v) is 5.73. The molecule has 1 heterocycles. The molecule has 1 aromatic heterocycles. The summed E-state index contributed by atoms with van der Waals surface area (Å²) >= 11 is 6.71. The van der Waals surface area contributed by atoms with E-state index in [9.17, 15) is 5.11 Å². The van der Waals surface area contributed by atoms with Gasteiger partial charge in [-0.1, -0.05) is 11.6 Å². The molecule has 0 saturated heterocycles. The van der Waals surface area contributed by atoms with Gasteiger partial charge in [-0.3, -0.25) is 4.98 Å². The van der Waals surface area contributed by atoms with Gasteiger partial charge in [-0.15, -0.1) is 0 Å². The van der Waals surface area contributed by atoms with Crippen molar-refractivity contribution in [1.82, 2.24) is 4.98 Å². The molecule has 1 unspecified atom stereocenters. The van der Waals surface area contributed by atoms with E-state index in [4.69, 9.17) is 0 Å². The Morgan fingerprint density at radius 1 is 1.36 bits per heavy atom. The van der Waals surface area contributed by atoms with Crippen LogP contribution in [-0.2, 0) is 0 Å². The van der Waals surface area contributed by atoms with E-state index in [2.05, 4.69) is 36.8 Å². The maximum absolute atomic E-state index is 9.89. The number of rotatable bonds is 2. The molecule has 0 fully saturated rings. The van der Waals surface area contributed by atoms with Crippen LogP contribution in [0.3, 0.4) is 0 Å². The molecule has 1 aromatic rings. The van der Waals surface area contributed by atoms with Crippen LogP contribution in [0, 0.1) is 0 Å². The van der Waals surface area contributed by atoms with Gasteiger partial charge in [0.25, 0.3) is 0 Å². The molecule has 0 amide bonds. The molecule has 0 saturated carbocycles. The van der Waals surface area contributed by atoms with Crippen LogP contribution < -0.4 is 0 Å². The molecule has 0 spiro atoms. The molecule has 0 aliphatic carbocycles. The summed E-state index contributed by atoms with van der Waals surface area (Å²) in [4.78, 5) is 3.98. The topological polar surface area (TPSA) is 33.1 Å². The number of halogens is 2. The quantitative estimate of drug-likeness (QED) is 0.844. The number of allylic oxidation sites excluding steroid dienone is 1. The van der Waals surface area contributed by atoms with Crippen molar-refractivity contribution in [1.29, 1.82) is 0 Å². The van der Waals surface area contributed by atoms with E-state index >= 15 is 0 Å². The zero-order valence-corrected chi connectivity index (χ0v) is 11.1. The summed E-state index contributed by atoms with van der Waals surface area (Å²) in [7, 11) is 0. The van der Waals surface area contributed by atoms with Gasteiger partial charge >= 0.3 is 0 Å². The molecule has 1 rings (SSSR count). The predicted octanol–water partition coefficient (Wildman–Crippen LogP) is 3.61. The van der Waals surface area contributed by atoms with Crippen molar-refractivity contribution in [3.05, 3.63) is 38.6 Å². The summed E-state index contributed by atoms with van der Waals surface area (Å²) in [6, 6.07) is 0. The third-order valence-electron chi connectivity index (χ3n) is 1.68. The monoisotopic (exact) mass is 319 g/mol. The molecule has 2 nitrogen and oxygen atoms in total. The van der Waals surface area contributed by atoms with Gasteiger partial charge in [-0.2, -0.15) is 0 Å². The zero-order chi connectivity index (χ0) is 10.7. The van der Waals surface area contributed by atoms with Crippen LogP contribution >= 0.6 is 31.9 Å². The molecule has 0 aromatic carbocycles. The van der Waals surface area contributed by atoms with E-state index in [1.54, 1.807) is 18.5 Å². The Bertz CT molecular complexity index is 339. The van der Waals surface area contributed by atoms with Crippen LogP contribution in [-0.4, -0.2) is 10.1 Å². The summed E-state index contributed by atoms with van der Waals surface area (Å²) in [6.45, 7) is 3.90. The van der Waals surface area contributed by atoms with Gasteiger partial charge in [0.2, 0.25) is 0 Å². The van der Waals surface area contributed by atoms with Crippen LogP contribution in [0.1, 0.15) is 25.5 Å². The zero-order valence-electron chi connectivity index (χ0n) is 7.96. The maximum atomic E-state index is 9.89. The molecule has 0 aliphatic rings. The average molecular weight is 321 g/mol. The molecule has 1 N–H and O–H groups in total. The van der Waals surface area contributed by atoms with E-state index in [1.807, 2.05) is 13.8 Å². The SMILES string of the molecule is CC(C)=CC(O)c1c(Br)cncc1Br. The predicted molar refractivity (Wildman–Crippen MR) is 64.0 cm³/mol. The third-order valence-corrected chi connectivity index (χ3v) is 2.94. The largest absolute Gasteiger partial charge is 0.384 e. The highest BCUT2D eigenvalue weighted by Gasteiger charge is 2.12. The van der Waals surface area contributed by atoms with Crippen molar-refractivity contribution in [2.75, 3.05) is 0 Å². The van der Waals surface area contributed by atoms with Crippen molar-refractivity contribution in [2.24, 2.45) is 0 Å². The van der Waals surface area contributed by atoms with Crippen LogP contribution in [0.15, 0.2) is 33.0 Å². The van der Waals surface area contributed by atoms with Crippen molar-refractivity contribution in [3.63, 3.8) is 0 Å². The summed E-state index contributed by atoms with van der Waals surface area (Å²) in [5, 5.41) is 9.89. The van der Waals surface area contributed by atoms with E-state index in [-0.39, 0.29) is 0 Å². The Morgan fingerprint density at radius 2 is 1.86 bits per heavy atom. The molecule has 76 valence electrons. The van der Waals surface area contributed by atoms with Crippen LogP contribution in [0.5, 0.6) is 0 Å². The first-order valence-electron chi connectivity index (χ1n) is 4.14. The Balaban J connectivity index is 3.12. The molecule has 0 aliphatic heterocycles. The molecule has 0 bridgehead atoms. The fourth-order valence-electron chi connectivity index (χ4n) is 1.10. The summed E-state index contributed by atoms with van der Waals surface area (Å²) in [6.07, 6.45) is 4.53. The van der Waals surface area contributed by atoms with Crippen molar-refractivity contribution in [2.45, 2.75) is 20.0 Å². The Morgan fingerprint density at radius 3 is 2.29 bits per heavy atom. The number of aliphatic hydroxyl groups excluding tert-OH is 1. The first kappa shape index (κ1) is 11.9. The van der Waals surface area contributed by atoms with Crippen molar-refractivity contribution in [3.8, 4) is 0 Å². The lowest BCUT2D eigenvalue weighted by molar-refractivity contribution is 0.226. The minimum absolute atomic E-state index is 0.605. The number of aliphatic hydroxyl groups is 1. The van der Waals surface area contributed by atoms with E-state index in [0.29, 0.717) is 0 Å². The number of pyridine rings is 1. The lowest BCUT2D eigenvalue weighted by Crippen LogP contribution is -1.97. The summed E-state index contributed by atoms with van der Waals surface area (Å²) in [5.41, 5.74) is 1.88. The lowest BCUT2D eigenvalue weighted by atomic mass is 10.1. The summed E-state index contributed by atoms with van der Waals surface area (Å²) < 4.78 is 1.61. The molecule has 4 heteroatoms. The standard InChI is InChI=1S/C10H11Br2NO/c1-6(2)3-9(14)10-7(11)4-13-5-8(10)12/h3-5,9,14H,1-2H3. The number of hydrogen-bond acceptors (Lipinski definition) is 2. The fourth-order valence-corrected chi connectivity index (χ4v) is 2.50. The molecule has 0 radical (unpaired) electrons. The maximum Gasteiger partial charge on any atom is 0.0997 e. The Kier molecular flexibility index (Phi) is 4.29. The second-order valence-corrected chi connectivity index (χ2v) is 4.91. The summed E-state index contributed by atoms with van der Waals surface area (Å²) in [5.74, 6) is 0. The van der Waals surface area contributed by atoms with Gasteiger partial charge in [0.05, 0.1) is 6.10 Å². The van der Waals surface area contributed by atoms with Crippen molar-refractivity contribution >= 4 is 31.9 Å². The third kappa shape index (κ3) is 2.90. The van der Waals surface area contributed by atoms with E-state index < -0.39 is 6.10 Å². The minimum atomic E-state index is -0.605. The minimum Gasteiger partial charge on any atom is -0.384 e. The second kappa shape index (κ2) is 5.05. The highest BCUT2D eigenvalue weighted by atomic mass is 79.9. The molecule has 1 atom stereocenters. The number of aromatic nitrogens is 1. The highest BCUT2D eigenvalue weighted by molar-refractivity contribution is 9.11. The highest BCUT2D eigenvalue weighted by Crippen LogP contribution is 2.30. The van der Waals surface area contributed by atoms with E-state index in [1.165, 1.54) is 0 Å². The van der Waals surface area contributed by atoms with Gasteiger partial charge < -0.3 is 5.11 Å². The van der Waals surface area contributed by atoms with Gasteiger partial charge in [0, 0.05) is 26.9 Å². The molecular formula is C10H11Br2NO. The molecular weight excluding hydrogens is 310 g/mol. The Labute approximate surface area is 100 Å². The smallest absolute Gasteiger partial charge is 0.0997 e. The fraction of sp³-hybridized carbons (Fsp3) is 0.300. The van der Waals surface area contributed by atoms with E-state index in [0.717, 1.165) is 20.1 Å². The van der Waals surface area contributed by atoms with Crippen molar-refractivity contribution < 1.29 is 5.11 Å². The average Bonchev–Trinajstić information content (AvgIpc) is 2.01. The van der Waals surface area contributed by atoms with Gasteiger partial charge in [0.15, 0.2) is 0 Å². The van der Waals surface area contributed by atoms with Gasteiger partial charge in [-0.25, -0.2) is 0 Å². The molecule has 14 heavy (non-hydrogen) atoms. The second-order valence-electron chi connectivity index (χ2n) is 3.21. The first-order chi connectivity index (χ1) is 6.52.